The Morgan fingerprint density at radius 3 is 2.40 bits per heavy atom. The fourth-order valence-electron chi connectivity index (χ4n) is 1.58. The molecular formula is C12H26N2O. The first kappa shape index (κ1) is 14.4. The van der Waals surface area contributed by atoms with Crippen LogP contribution in [0.25, 0.3) is 0 Å². The Balaban J connectivity index is 3.85. The molecule has 0 aromatic rings. The fraction of sp³-hybridized carbons (Fsp3) is 0.917. The van der Waals surface area contributed by atoms with Gasteiger partial charge in [-0.3, -0.25) is 4.79 Å². The maximum Gasteiger partial charge on any atom is 0.236 e. The highest BCUT2D eigenvalue weighted by atomic mass is 16.2. The molecule has 90 valence electrons. The first-order valence-electron chi connectivity index (χ1n) is 6.06. The molecule has 1 amide bonds. The van der Waals surface area contributed by atoms with Gasteiger partial charge in [0.1, 0.15) is 0 Å². The second kappa shape index (κ2) is 8.72. The lowest BCUT2D eigenvalue weighted by Crippen LogP contribution is -2.44. The number of likely N-dealkylation sites (N-methyl/N-ethyl adjacent to an activating group) is 1. The van der Waals surface area contributed by atoms with Gasteiger partial charge in [0.15, 0.2) is 0 Å². The van der Waals surface area contributed by atoms with Gasteiger partial charge in [0, 0.05) is 7.05 Å². The molecular weight excluding hydrogens is 188 g/mol. The normalized spacial score (nSPS) is 12.9. The minimum absolute atomic E-state index is 0.0214. The summed E-state index contributed by atoms with van der Waals surface area (Å²) >= 11 is 0. The van der Waals surface area contributed by atoms with Crippen LogP contribution in [-0.4, -0.2) is 25.5 Å². The summed E-state index contributed by atoms with van der Waals surface area (Å²) < 4.78 is 0. The molecule has 0 fully saturated rings. The lowest BCUT2D eigenvalue weighted by molar-refractivity contribution is -0.123. The van der Waals surface area contributed by atoms with E-state index in [1.807, 2.05) is 0 Å². The fourth-order valence-corrected chi connectivity index (χ4v) is 1.58. The van der Waals surface area contributed by atoms with E-state index in [-0.39, 0.29) is 11.9 Å². The molecule has 3 heteroatoms. The Kier molecular flexibility index (Phi) is 8.38. The van der Waals surface area contributed by atoms with Crippen molar-refractivity contribution in [2.24, 2.45) is 5.92 Å². The smallest absolute Gasteiger partial charge is 0.236 e. The summed E-state index contributed by atoms with van der Waals surface area (Å²) in [5.74, 6) is 0.658. The van der Waals surface area contributed by atoms with Gasteiger partial charge in [0.25, 0.3) is 0 Å². The first-order valence-corrected chi connectivity index (χ1v) is 6.06. The Labute approximate surface area is 94.0 Å². The van der Waals surface area contributed by atoms with Gasteiger partial charge in [-0.1, -0.05) is 33.6 Å². The van der Waals surface area contributed by atoms with E-state index in [9.17, 15) is 4.79 Å². The molecule has 2 N–H and O–H groups in total. The molecule has 0 aliphatic heterocycles. The average molecular weight is 214 g/mol. The minimum atomic E-state index is -0.0214. The predicted molar refractivity (Wildman–Crippen MR) is 64.8 cm³/mol. The molecule has 0 heterocycles. The second-order valence-electron chi connectivity index (χ2n) is 4.46. The zero-order valence-electron chi connectivity index (χ0n) is 10.6. The van der Waals surface area contributed by atoms with Crippen LogP contribution in [0.5, 0.6) is 0 Å². The van der Waals surface area contributed by atoms with E-state index in [4.69, 9.17) is 0 Å². The molecule has 0 rings (SSSR count). The SMILES string of the molecule is CCCCCNC(CC(C)C)C(=O)NC. The van der Waals surface area contributed by atoms with Crippen molar-refractivity contribution in [1.82, 2.24) is 10.6 Å². The number of unbranched alkanes of at least 4 members (excludes halogenated alkanes) is 2. The highest BCUT2D eigenvalue weighted by Gasteiger charge is 2.17. The summed E-state index contributed by atoms with van der Waals surface area (Å²) in [5.41, 5.74) is 0. The van der Waals surface area contributed by atoms with Crippen LogP contribution in [0.15, 0.2) is 0 Å². The van der Waals surface area contributed by atoms with Crippen LogP contribution < -0.4 is 10.6 Å². The van der Waals surface area contributed by atoms with Gasteiger partial charge in [-0.2, -0.15) is 0 Å². The van der Waals surface area contributed by atoms with Crippen LogP contribution >= 0.6 is 0 Å². The number of carbonyl (C=O) groups is 1. The third-order valence-corrected chi connectivity index (χ3v) is 2.44. The molecule has 3 nitrogen and oxygen atoms in total. The highest BCUT2D eigenvalue weighted by Crippen LogP contribution is 2.05. The summed E-state index contributed by atoms with van der Waals surface area (Å²) in [6.45, 7) is 7.41. The molecule has 15 heavy (non-hydrogen) atoms. The third kappa shape index (κ3) is 7.37. The topological polar surface area (TPSA) is 41.1 Å². The Bertz CT molecular complexity index is 169. The van der Waals surface area contributed by atoms with Crippen LogP contribution in [0.4, 0.5) is 0 Å². The van der Waals surface area contributed by atoms with E-state index in [0.29, 0.717) is 5.92 Å². The predicted octanol–water partition coefficient (Wildman–Crippen LogP) is 1.93. The number of rotatable bonds is 8. The van der Waals surface area contributed by atoms with Gasteiger partial charge in [-0.05, 0) is 25.3 Å². The number of carbonyl (C=O) groups excluding carboxylic acids is 1. The molecule has 0 saturated carbocycles. The summed E-state index contributed by atoms with van der Waals surface area (Å²) in [7, 11) is 1.70. The van der Waals surface area contributed by atoms with Crippen molar-refractivity contribution in [3.63, 3.8) is 0 Å². The van der Waals surface area contributed by atoms with Gasteiger partial charge < -0.3 is 10.6 Å². The summed E-state index contributed by atoms with van der Waals surface area (Å²) in [5, 5.41) is 6.03. The quantitative estimate of drug-likeness (QED) is 0.606. The molecule has 0 saturated heterocycles. The third-order valence-electron chi connectivity index (χ3n) is 2.44. The monoisotopic (exact) mass is 214 g/mol. The molecule has 1 unspecified atom stereocenters. The van der Waals surface area contributed by atoms with E-state index >= 15 is 0 Å². The van der Waals surface area contributed by atoms with Crippen molar-refractivity contribution < 1.29 is 4.79 Å². The molecule has 0 aliphatic rings. The zero-order chi connectivity index (χ0) is 11.7. The van der Waals surface area contributed by atoms with Crippen LogP contribution in [0.3, 0.4) is 0 Å². The Morgan fingerprint density at radius 2 is 1.93 bits per heavy atom. The van der Waals surface area contributed by atoms with Crippen molar-refractivity contribution in [3.8, 4) is 0 Å². The van der Waals surface area contributed by atoms with E-state index in [1.54, 1.807) is 7.05 Å². The average Bonchev–Trinajstić information content (AvgIpc) is 2.21. The van der Waals surface area contributed by atoms with E-state index < -0.39 is 0 Å². The zero-order valence-corrected chi connectivity index (χ0v) is 10.6. The standard InChI is InChI=1S/C12H26N2O/c1-5-6-7-8-14-11(9-10(2)3)12(15)13-4/h10-11,14H,5-9H2,1-4H3,(H,13,15). The van der Waals surface area contributed by atoms with Gasteiger partial charge in [-0.15, -0.1) is 0 Å². The largest absolute Gasteiger partial charge is 0.358 e. The number of hydrogen-bond donors (Lipinski definition) is 2. The van der Waals surface area contributed by atoms with E-state index in [0.717, 1.165) is 19.4 Å². The first-order chi connectivity index (χ1) is 7.11. The van der Waals surface area contributed by atoms with Crippen LogP contribution in [0, 0.1) is 5.92 Å². The summed E-state index contributed by atoms with van der Waals surface area (Å²) in [6.07, 6.45) is 4.51. The summed E-state index contributed by atoms with van der Waals surface area (Å²) in [6, 6.07) is -0.0214. The lowest BCUT2D eigenvalue weighted by Gasteiger charge is -2.18. The van der Waals surface area contributed by atoms with Crippen molar-refractivity contribution in [1.29, 1.82) is 0 Å². The molecule has 0 bridgehead atoms. The Morgan fingerprint density at radius 1 is 1.27 bits per heavy atom. The van der Waals surface area contributed by atoms with Gasteiger partial charge in [-0.25, -0.2) is 0 Å². The summed E-state index contributed by atoms with van der Waals surface area (Å²) in [4.78, 5) is 11.5. The second-order valence-corrected chi connectivity index (χ2v) is 4.46. The lowest BCUT2D eigenvalue weighted by atomic mass is 10.0. The van der Waals surface area contributed by atoms with Gasteiger partial charge >= 0.3 is 0 Å². The number of hydrogen-bond acceptors (Lipinski definition) is 2. The molecule has 1 atom stereocenters. The molecule has 0 aromatic heterocycles. The minimum Gasteiger partial charge on any atom is -0.358 e. The molecule has 0 aromatic carbocycles. The van der Waals surface area contributed by atoms with Crippen molar-refractivity contribution in [2.75, 3.05) is 13.6 Å². The maximum atomic E-state index is 11.5. The van der Waals surface area contributed by atoms with Crippen LogP contribution in [0.1, 0.15) is 46.5 Å². The Hall–Kier alpha value is -0.570. The number of amides is 1. The van der Waals surface area contributed by atoms with Crippen molar-refractivity contribution in [2.45, 2.75) is 52.5 Å². The van der Waals surface area contributed by atoms with Crippen molar-refractivity contribution in [3.05, 3.63) is 0 Å². The molecule has 0 aliphatic carbocycles. The van der Waals surface area contributed by atoms with Gasteiger partial charge in [0.05, 0.1) is 6.04 Å². The van der Waals surface area contributed by atoms with Gasteiger partial charge in [0.2, 0.25) is 5.91 Å². The molecule has 0 spiro atoms. The maximum absolute atomic E-state index is 11.5. The van der Waals surface area contributed by atoms with Crippen molar-refractivity contribution >= 4 is 5.91 Å². The van der Waals surface area contributed by atoms with Crippen LogP contribution in [0.2, 0.25) is 0 Å². The molecule has 0 radical (unpaired) electrons. The van der Waals surface area contributed by atoms with Crippen LogP contribution in [-0.2, 0) is 4.79 Å². The number of nitrogens with one attached hydrogen (secondary N) is 2. The van der Waals surface area contributed by atoms with E-state index in [2.05, 4.69) is 31.4 Å². The highest BCUT2D eigenvalue weighted by molar-refractivity contribution is 5.81. The van der Waals surface area contributed by atoms with E-state index in [1.165, 1.54) is 12.8 Å².